The van der Waals surface area contributed by atoms with E-state index in [1.807, 2.05) is 6.92 Å². The van der Waals surface area contributed by atoms with Crippen molar-refractivity contribution in [3.63, 3.8) is 0 Å². The zero-order chi connectivity index (χ0) is 11.0. The lowest BCUT2D eigenvalue weighted by atomic mass is 10.1. The summed E-state index contributed by atoms with van der Waals surface area (Å²) in [6.45, 7) is 7.14. The Balaban J connectivity index is 3.43. The Kier molecular flexibility index (Phi) is 6.87. The highest BCUT2D eigenvalue weighted by Gasteiger charge is 2.02. The number of nitrogens with one attached hydrogen (secondary N) is 2. The summed E-state index contributed by atoms with van der Waals surface area (Å²) in [5.74, 6) is 3.13. The minimum absolute atomic E-state index is 0.00718. The summed E-state index contributed by atoms with van der Waals surface area (Å²) < 4.78 is 0. The van der Waals surface area contributed by atoms with Crippen LogP contribution in [0.5, 0.6) is 0 Å². The number of amides is 1. The maximum absolute atomic E-state index is 11.2. The molecule has 1 atom stereocenters. The molecular formula is C11H20N2O. The van der Waals surface area contributed by atoms with E-state index in [0.717, 1.165) is 13.0 Å². The van der Waals surface area contributed by atoms with E-state index in [4.69, 9.17) is 6.42 Å². The number of hydrogen-bond donors (Lipinski definition) is 2. The third-order valence-corrected chi connectivity index (χ3v) is 1.86. The molecular weight excluding hydrogens is 176 g/mol. The first kappa shape index (κ1) is 13.0. The zero-order valence-corrected chi connectivity index (χ0v) is 9.26. The van der Waals surface area contributed by atoms with Crippen LogP contribution in [0.2, 0.25) is 0 Å². The molecule has 80 valence electrons. The highest BCUT2D eigenvalue weighted by Crippen LogP contribution is 1.95. The SMILES string of the molecule is C#CC(C)NCC(=O)NCCC(C)C. The molecule has 0 radical (unpaired) electrons. The lowest BCUT2D eigenvalue weighted by molar-refractivity contribution is -0.120. The smallest absolute Gasteiger partial charge is 0.233 e. The molecule has 0 spiro atoms. The molecule has 0 aromatic rings. The van der Waals surface area contributed by atoms with Crippen LogP contribution < -0.4 is 10.6 Å². The van der Waals surface area contributed by atoms with Crippen LogP contribution in [0.1, 0.15) is 27.2 Å². The van der Waals surface area contributed by atoms with Crippen LogP contribution in [-0.2, 0) is 4.79 Å². The average molecular weight is 196 g/mol. The van der Waals surface area contributed by atoms with Crippen LogP contribution in [0.15, 0.2) is 0 Å². The molecule has 3 nitrogen and oxygen atoms in total. The van der Waals surface area contributed by atoms with Crippen LogP contribution in [0.3, 0.4) is 0 Å². The number of rotatable bonds is 6. The lowest BCUT2D eigenvalue weighted by Gasteiger charge is -2.09. The van der Waals surface area contributed by atoms with Crippen molar-refractivity contribution >= 4 is 5.91 Å². The maximum Gasteiger partial charge on any atom is 0.233 e. The predicted octanol–water partition coefficient (Wildman–Crippen LogP) is 0.760. The van der Waals surface area contributed by atoms with Crippen molar-refractivity contribution in [1.29, 1.82) is 0 Å². The summed E-state index contributed by atoms with van der Waals surface area (Å²) in [7, 11) is 0. The number of terminal acetylenes is 1. The van der Waals surface area contributed by atoms with Crippen molar-refractivity contribution in [3.8, 4) is 12.3 Å². The second-order valence-corrected chi connectivity index (χ2v) is 3.80. The Morgan fingerprint density at radius 1 is 1.43 bits per heavy atom. The fourth-order valence-corrected chi connectivity index (χ4v) is 0.867. The van der Waals surface area contributed by atoms with Gasteiger partial charge in [0.2, 0.25) is 5.91 Å². The Labute approximate surface area is 86.6 Å². The minimum Gasteiger partial charge on any atom is -0.355 e. The van der Waals surface area contributed by atoms with E-state index in [0.29, 0.717) is 12.5 Å². The molecule has 0 aliphatic carbocycles. The first-order chi connectivity index (χ1) is 6.56. The summed E-state index contributed by atoms with van der Waals surface area (Å²) in [4.78, 5) is 11.2. The average Bonchev–Trinajstić information content (AvgIpc) is 2.13. The molecule has 0 saturated heterocycles. The lowest BCUT2D eigenvalue weighted by Crippen LogP contribution is -2.38. The Morgan fingerprint density at radius 2 is 2.07 bits per heavy atom. The van der Waals surface area contributed by atoms with Gasteiger partial charge in [-0.2, -0.15) is 0 Å². The van der Waals surface area contributed by atoms with Gasteiger partial charge in [0, 0.05) is 6.54 Å². The third-order valence-electron chi connectivity index (χ3n) is 1.86. The fraction of sp³-hybridized carbons (Fsp3) is 0.727. The quantitative estimate of drug-likeness (QED) is 0.616. The summed E-state index contributed by atoms with van der Waals surface area (Å²) in [6, 6.07) is -0.0501. The van der Waals surface area contributed by atoms with Crippen molar-refractivity contribution in [2.45, 2.75) is 33.2 Å². The third kappa shape index (κ3) is 7.63. The van der Waals surface area contributed by atoms with Gasteiger partial charge >= 0.3 is 0 Å². The first-order valence-corrected chi connectivity index (χ1v) is 5.02. The van der Waals surface area contributed by atoms with Gasteiger partial charge in [0.25, 0.3) is 0 Å². The number of carbonyl (C=O) groups excluding carboxylic acids is 1. The van der Waals surface area contributed by atoms with Gasteiger partial charge in [0.05, 0.1) is 12.6 Å². The molecule has 0 fully saturated rings. The summed E-state index contributed by atoms with van der Waals surface area (Å²) >= 11 is 0. The van der Waals surface area contributed by atoms with E-state index in [-0.39, 0.29) is 11.9 Å². The Bertz CT molecular complexity index is 206. The molecule has 0 aromatic carbocycles. The molecule has 0 aliphatic heterocycles. The van der Waals surface area contributed by atoms with E-state index >= 15 is 0 Å². The monoisotopic (exact) mass is 196 g/mol. The van der Waals surface area contributed by atoms with Crippen molar-refractivity contribution in [2.24, 2.45) is 5.92 Å². The van der Waals surface area contributed by atoms with Crippen LogP contribution in [0, 0.1) is 18.3 Å². The van der Waals surface area contributed by atoms with Crippen molar-refractivity contribution in [2.75, 3.05) is 13.1 Å². The topological polar surface area (TPSA) is 41.1 Å². The molecule has 2 N–H and O–H groups in total. The van der Waals surface area contributed by atoms with Crippen molar-refractivity contribution in [1.82, 2.24) is 10.6 Å². The van der Waals surface area contributed by atoms with Gasteiger partial charge in [-0.15, -0.1) is 6.42 Å². The highest BCUT2D eigenvalue weighted by molar-refractivity contribution is 5.78. The van der Waals surface area contributed by atoms with Crippen LogP contribution >= 0.6 is 0 Å². The molecule has 1 unspecified atom stereocenters. The molecule has 0 aromatic heterocycles. The second-order valence-electron chi connectivity index (χ2n) is 3.80. The number of carbonyl (C=O) groups is 1. The van der Waals surface area contributed by atoms with E-state index in [1.54, 1.807) is 0 Å². The highest BCUT2D eigenvalue weighted by atomic mass is 16.1. The van der Waals surface area contributed by atoms with E-state index in [9.17, 15) is 4.79 Å². The predicted molar refractivity (Wildman–Crippen MR) is 58.8 cm³/mol. The Hall–Kier alpha value is -1.01. The summed E-state index contributed by atoms with van der Waals surface area (Å²) in [5.41, 5.74) is 0. The molecule has 14 heavy (non-hydrogen) atoms. The van der Waals surface area contributed by atoms with E-state index in [2.05, 4.69) is 30.4 Å². The second kappa shape index (κ2) is 7.40. The molecule has 0 rings (SSSR count). The van der Waals surface area contributed by atoms with Crippen molar-refractivity contribution in [3.05, 3.63) is 0 Å². The zero-order valence-electron chi connectivity index (χ0n) is 9.26. The van der Waals surface area contributed by atoms with Crippen LogP contribution in [-0.4, -0.2) is 25.0 Å². The van der Waals surface area contributed by atoms with Gasteiger partial charge in [-0.05, 0) is 19.3 Å². The largest absolute Gasteiger partial charge is 0.355 e. The van der Waals surface area contributed by atoms with E-state index in [1.165, 1.54) is 0 Å². The van der Waals surface area contributed by atoms with Gasteiger partial charge in [-0.25, -0.2) is 0 Å². The van der Waals surface area contributed by atoms with Crippen LogP contribution in [0.4, 0.5) is 0 Å². The maximum atomic E-state index is 11.2. The summed E-state index contributed by atoms with van der Waals surface area (Å²) in [6.07, 6.45) is 6.16. The molecule has 0 heterocycles. The Morgan fingerprint density at radius 3 is 2.57 bits per heavy atom. The molecule has 0 aliphatic rings. The molecule has 0 saturated carbocycles. The fourth-order valence-electron chi connectivity index (χ4n) is 0.867. The van der Waals surface area contributed by atoms with Gasteiger partial charge in [-0.3, -0.25) is 10.1 Å². The van der Waals surface area contributed by atoms with Gasteiger partial charge in [0.15, 0.2) is 0 Å². The summed E-state index contributed by atoms with van der Waals surface area (Å²) in [5, 5.41) is 5.75. The van der Waals surface area contributed by atoms with Crippen molar-refractivity contribution < 1.29 is 4.79 Å². The number of hydrogen-bond acceptors (Lipinski definition) is 2. The van der Waals surface area contributed by atoms with Crippen LogP contribution in [0.25, 0.3) is 0 Å². The first-order valence-electron chi connectivity index (χ1n) is 5.02. The van der Waals surface area contributed by atoms with Gasteiger partial charge < -0.3 is 5.32 Å². The van der Waals surface area contributed by atoms with Gasteiger partial charge in [-0.1, -0.05) is 19.8 Å². The minimum atomic E-state index is -0.0501. The standard InChI is InChI=1S/C11H20N2O/c1-5-10(4)13-8-11(14)12-7-6-9(2)3/h1,9-10,13H,6-8H2,2-4H3,(H,12,14). The van der Waals surface area contributed by atoms with E-state index < -0.39 is 0 Å². The molecule has 3 heteroatoms. The van der Waals surface area contributed by atoms with Gasteiger partial charge in [0.1, 0.15) is 0 Å². The molecule has 0 bridgehead atoms. The molecule has 1 amide bonds. The normalized spacial score (nSPS) is 12.2.